The van der Waals surface area contributed by atoms with E-state index in [-0.39, 0.29) is 6.42 Å². The van der Waals surface area contributed by atoms with Gasteiger partial charge in [0, 0.05) is 11.5 Å². The summed E-state index contributed by atoms with van der Waals surface area (Å²) in [6.07, 6.45) is 3.24. The molecule has 0 aliphatic carbocycles. The van der Waals surface area contributed by atoms with E-state index in [1.807, 2.05) is 6.07 Å². The first-order valence-electron chi connectivity index (χ1n) is 6.13. The number of nitrogens with one attached hydrogen (secondary N) is 1. The second-order valence-electron chi connectivity index (χ2n) is 4.93. The fourth-order valence-corrected chi connectivity index (χ4v) is 1.59. The van der Waals surface area contributed by atoms with E-state index in [0.717, 1.165) is 0 Å². The Labute approximate surface area is 124 Å². The maximum absolute atomic E-state index is 11.7. The van der Waals surface area contributed by atoms with Gasteiger partial charge in [0.05, 0.1) is 25.2 Å². The standard InChI is InChI=1S/C14H21ClN2O3/c1-10(12(20-4)6-5-7-15)11(9-16)17-13(18)8-14(2,3)19/h5-6,11,19H,7-8H2,1-4H3,(H,17,18)/b6-5-,12-10-. The summed E-state index contributed by atoms with van der Waals surface area (Å²) in [6, 6.07) is 1.17. The average Bonchev–Trinajstić information content (AvgIpc) is 2.34. The number of allylic oxidation sites excluding steroid dienone is 2. The van der Waals surface area contributed by atoms with Gasteiger partial charge in [0.15, 0.2) is 0 Å². The zero-order valence-electron chi connectivity index (χ0n) is 12.2. The molecule has 2 N–H and O–H groups in total. The Bertz CT molecular complexity index is 431. The van der Waals surface area contributed by atoms with Crippen molar-refractivity contribution in [3.8, 4) is 6.07 Å². The number of carbonyl (C=O) groups excluding carboxylic acids is 1. The van der Waals surface area contributed by atoms with Gasteiger partial charge in [-0.1, -0.05) is 6.08 Å². The van der Waals surface area contributed by atoms with Crippen molar-refractivity contribution in [2.24, 2.45) is 0 Å². The van der Waals surface area contributed by atoms with Gasteiger partial charge < -0.3 is 15.2 Å². The van der Waals surface area contributed by atoms with Crippen molar-refractivity contribution in [2.45, 2.75) is 38.8 Å². The molecule has 0 fully saturated rings. The predicted molar refractivity (Wildman–Crippen MR) is 78.0 cm³/mol. The minimum Gasteiger partial charge on any atom is -0.497 e. The SMILES string of the molecule is COC(/C=C\CCl)=C(/C)C(C#N)NC(=O)CC(C)(C)O. The third kappa shape index (κ3) is 7.17. The van der Waals surface area contributed by atoms with E-state index in [9.17, 15) is 9.90 Å². The molecule has 20 heavy (non-hydrogen) atoms. The third-order valence-electron chi connectivity index (χ3n) is 2.43. The number of hydrogen-bond donors (Lipinski definition) is 2. The lowest BCUT2D eigenvalue weighted by atomic mass is 10.0. The average molecular weight is 301 g/mol. The highest BCUT2D eigenvalue weighted by molar-refractivity contribution is 6.18. The Kier molecular flexibility index (Phi) is 7.97. The van der Waals surface area contributed by atoms with Crippen LogP contribution in [0, 0.1) is 11.3 Å². The fraction of sp³-hybridized carbons (Fsp3) is 0.571. The summed E-state index contributed by atoms with van der Waals surface area (Å²) in [6.45, 7) is 4.75. The third-order valence-corrected chi connectivity index (χ3v) is 2.61. The molecular formula is C14H21ClN2O3. The van der Waals surface area contributed by atoms with Gasteiger partial charge in [-0.2, -0.15) is 5.26 Å². The van der Waals surface area contributed by atoms with Crippen LogP contribution in [0.2, 0.25) is 0 Å². The van der Waals surface area contributed by atoms with Crippen molar-refractivity contribution >= 4 is 17.5 Å². The van der Waals surface area contributed by atoms with E-state index in [1.54, 1.807) is 19.1 Å². The van der Waals surface area contributed by atoms with E-state index in [4.69, 9.17) is 21.6 Å². The molecule has 0 aromatic heterocycles. The smallest absolute Gasteiger partial charge is 0.224 e. The molecule has 112 valence electrons. The zero-order valence-corrected chi connectivity index (χ0v) is 13.0. The second kappa shape index (κ2) is 8.62. The van der Waals surface area contributed by atoms with Crippen molar-refractivity contribution in [3.05, 3.63) is 23.5 Å². The number of hydrogen-bond acceptors (Lipinski definition) is 4. The number of alkyl halides is 1. The van der Waals surface area contributed by atoms with Gasteiger partial charge in [-0.3, -0.25) is 4.79 Å². The molecule has 0 saturated carbocycles. The lowest BCUT2D eigenvalue weighted by molar-refractivity contribution is -0.125. The number of nitrogens with zero attached hydrogens (tertiary/aromatic N) is 1. The number of methoxy groups -OCH3 is 1. The van der Waals surface area contributed by atoms with Gasteiger partial charge in [0.2, 0.25) is 5.91 Å². The first-order chi connectivity index (χ1) is 9.25. The minimum absolute atomic E-state index is 0.0850. The monoisotopic (exact) mass is 300 g/mol. The maximum Gasteiger partial charge on any atom is 0.224 e. The van der Waals surface area contributed by atoms with E-state index in [0.29, 0.717) is 17.2 Å². The van der Waals surface area contributed by atoms with Gasteiger partial charge in [-0.05, 0) is 26.8 Å². The molecular weight excluding hydrogens is 280 g/mol. The van der Waals surface area contributed by atoms with Crippen LogP contribution in [0.5, 0.6) is 0 Å². The molecule has 0 rings (SSSR count). The lowest BCUT2D eigenvalue weighted by Gasteiger charge is -2.19. The van der Waals surface area contributed by atoms with Crippen LogP contribution in [-0.4, -0.2) is 35.6 Å². The number of carbonyl (C=O) groups is 1. The number of halogens is 1. The Hall–Kier alpha value is -1.51. The molecule has 1 amide bonds. The minimum atomic E-state index is -1.12. The molecule has 6 heteroatoms. The van der Waals surface area contributed by atoms with Crippen LogP contribution in [-0.2, 0) is 9.53 Å². The molecule has 5 nitrogen and oxygen atoms in total. The molecule has 0 aromatic rings. The number of nitriles is 1. The summed E-state index contributed by atoms with van der Waals surface area (Å²) in [5, 5.41) is 21.3. The zero-order chi connectivity index (χ0) is 15.8. The highest BCUT2D eigenvalue weighted by Crippen LogP contribution is 2.13. The lowest BCUT2D eigenvalue weighted by Crippen LogP contribution is -2.39. The van der Waals surface area contributed by atoms with Gasteiger partial charge in [0.25, 0.3) is 0 Å². The van der Waals surface area contributed by atoms with Gasteiger partial charge in [-0.15, -0.1) is 11.6 Å². The number of rotatable bonds is 7. The van der Waals surface area contributed by atoms with Gasteiger partial charge in [0.1, 0.15) is 11.8 Å². The van der Waals surface area contributed by atoms with Gasteiger partial charge >= 0.3 is 0 Å². The topological polar surface area (TPSA) is 82.3 Å². The maximum atomic E-state index is 11.7. The first kappa shape index (κ1) is 18.5. The molecule has 1 unspecified atom stereocenters. The summed E-state index contributed by atoms with van der Waals surface area (Å²) >= 11 is 5.55. The summed E-state index contributed by atoms with van der Waals surface area (Å²) in [4.78, 5) is 11.7. The summed E-state index contributed by atoms with van der Waals surface area (Å²) in [7, 11) is 1.48. The second-order valence-corrected chi connectivity index (χ2v) is 5.24. The quantitative estimate of drug-likeness (QED) is 0.427. The summed E-state index contributed by atoms with van der Waals surface area (Å²) < 4.78 is 5.16. The Morgan fingerprint density at radius 2 is 2.20 bits per heavy atom. The van der Waals surface area contributed by atoms with Crippen LogP contribution in [0.25, 0.3) is 0 Å². The van der Waals surface area contributed by atoms with E-state index < -0.39 is 17.6 Å². The van der Waals surface area contributed by atoms with Crippen molar-refractivity contribution in [2.75, 3.05) is 13.0 Å². The number of amides is 1. The van der Waals surface area contributed by atoms with Crippen LogP contribution in [0.15, 0.2) is 23.5 Å². The van der Waals surface area contributed by atoms with Crippen molar-refractivity contribution in [1.29, 1.82) is 5.26 Å². The van der Waals surface area contributed by atoms with E-state index >= 15 is 0 Å². The van der Waals surface area contributed by atoms with Crippen molar-refractivity contribution < 1.29 is 14.6 Å². The van der Waals surface area contributed by atoms with Crippen molar-refractivity contribution in [1.82, 2.24) is 5.32 Å². The van der Waals surface area contributed by atoms with Crippen LogP contribution in [0.3, 0.4) is 0 Å². The molecule has 0 aliphatic rings. The fourth-order valence-electron chi connectivity index (χ4n) is 1.50. The predicted octanol–water partition coefficient (Wildman–Crippen LogP) is 1.87. The molecule has 0 bridgehead atoms. The molecule has 0 heterocycles. The molecule has 1 atom stereocenters. The molecule has 0 aromatic carbocycles. The molecule has 0 aliphatic heterocycles. The van der Waals surface area contributed by atoms with Crippen LogP contribution in [0.4, 0.5) is 0 Å². The summed E-state index contributed by atoms with van der Waals surface area (Å²) in [5.41, 5.74) is -0.551. The normalized spacial score (nSPS) is 14.4. The van der Waals surface area contributed by atoms with Crippen molar-refractivity contribution in [3.63, 3.8) is 0 Å². The number of ether oxygens (including phenoxy) is 1. The highest BCUT2D eigenvalue weighted by atomic mass is 35.5. The number of aliphatic hydroxyl groups is 1. The largest absolute Gasteiger partial charge is 0.497 e. The van der Waals surface area contributed by atoms with Gasteiger partial charge in [-0.25, -0.2) is 0 Å². The Morgan fingerprint density at radius 3 is 2.60 bits per heavy atom. The highest BCUT2D eigenvalue weighted by Gasteiger charge is 2.22. The molecule has 0 radical (unpaired) electrons. The Morgan fingerprint density at radius 1 is 1.60 bits per heavy atom. The first-order valence-corrected chi connectivity index (χ1v) is 6.67. The molecule has 0 saturated heterocycles. The van der Waals surface area contributed by atoms with Crippen LogP contribution in [0.1, 0.15) is 27.2 Å². The van der Waals surface area contributed by atoms with Crippen LogP contribution < -0.4 is 5.32 Å². The van der Waals surface area contributed by atoms with E-state index in [2.05, 4.69) is 5.32 Å². The summed E-state index contributed by atoms with van der Waals surface area (Å²) in [5.74, 6) is 0.392. The Balaban J connectivity index is 5.00. The van der Waals surface area contributed by atoms with E-state index in [1.165, 1.54) is 21.0 Å². The van der Waals surface area contributed by atoms with Crippen LogP contribution >= 0.6 is 11.6 Å². The molecule has 0 spiro atoms.